The molecule has 0 unspecified atom stereocenters. The molecule has 1 rings (SSSR count). The van der Waals surface area contributed by atoms with Crippen molar-refractivity contribution in [1.29, 1.82) is 0 Å². The molecule has 118 valence electrons. The molecule has 0 amide bonds. The van der Waals surface area contributed by atoms with Crippen molar-refractivity contribution in [2.45, 2.75) is 6.42 Å². The van der Waals surface area contributed by atoms with Crippen molar-refractivity contribution in [2.75, 3.05) is 47.8 Å². The Hall–Kier alpha value is -1.79. The smallest absolute Gasteiger partial charge is 0.203 e. The molecule has 0 aliphatic rings. The van der Waals surface area contributed by atoms with Crippen molar-refractivity contribution < 1.29 is 28.5 Å². The van der Waals surface area contributed by atoms with Crippen molar-refractivity contribution in [3.63, 3.8) is 0 Å². The van der Waals surface area contributed by atoms with Gasteiger partial charge in [0.1, 0.15) is 12.9 Å². The molecular formula is C15H22O6. The predicted molar refractivity (Wildman–Crippen MR) is 77.7 cm³/mol. The third-order valence-electron chi connectivity index (χ3n) is 2.73. The number of benzene rings is 1. The van der Waals surface area contributed by atoms with Gasteiger partial charge in [-0.2, -0.15) is 0 Å². The summed E-state index contributed by atoms with van der Waals surface area (Å²) < 4.78 is 26.4. The van der Waals surface area contributed by atoms with E-state index in [1.54, 1.807) is 19.2 Å². The van der Waals surface area contributed by atoms with E-state index in [-0.39, 0.29) is 0 Å². The molecule has 0 fully saturated rings. The van der Waals surface area contributed by atoms with Crippen molar-refractivity contribution in [1.82, 2.24) is 0 Å². The van der Waals surface area contributed by atoms with Crippen LogP contribution in [0.15, 0.2) is 12.1 Å². The Morgan fingerprint density at radius 1 is 0.952 bits per heavy atom. The number of ether oxygens (including phenoxy) is 5. The maximum atomic E-state index is 10.9. The van der Waals surface area contributed by atoms with Crippen LogP contribution in [0.1, 0.15) is 16.8 Å². The lowest BCUT2D eigenvalue weighted by molar-refractivity contribution is 0.0792. The Morgan fingerprint density at radius 2 is 1.62 bits per heavy atom. The predicted octanol–water partition coefficient (Wildman–Crippen LogP) is 1.95. The van der Waals surface area contributed by atoms with Crippen molar-refractivity contribution >= 4 is 6.29 Å². The molecule has 0 N–H and O–H groups in total. The molecule has 0 saturated carbocycles. The highest BCUT2D eigenvalue weighted by molar-refractivity contribution is 5.78. The lowest BCUT2D eigenvalue weighted by atomic mass is 10.2. The Labute approximate surface area is 124 Å². The number of carbonyl (C=O) groups is 1. The minimum Gasteiger partial charge on any atom is -0.493 e. The van der Waals surface area contributed by atoms with Crippen molar-refractivity contribution in [2.24, 2.45) is 0 Å². The van der Waals surface area contributed by atoms with Crippen LogP contribution >= 0.6 is 0 Å². The van der Waals surface area contributed by atoms with Crippen LogP contribution in [0.2, 0.25) is 0 Å². The molecule has 0 aromatic heterocycles. The van der Waals surface area contributed by atoms with Gasteiger partial charge in [-0.05, 0) is 18.6 Å². The minimum atomic E-state index is 0.361. The molecule has 0 saturated heterocycles. The summed E-state index contributed by atoms with van der Waals surface area (Å²) in [6.45, 7) is 2.11. The highest BCUT2D eigenvalue weighted by atomic mass is 16.6. The second-order valence-electron chi connectivity index (χ2n) is 4.18. The Balaban J connectivity index is 2.55. The van der Waals surface area contributed by atoms with Crippen LogP contribution in [0.5, 0.6) is 17.2 Å². The number of hydrogen-bond acceptors (Lipinski definition) is 6. The summed E-state index contributed by atoms with van der Waals surface area (Å²) in [4.78, 5) is 10.9. The Kier molecular flexibility index (Phi) is 8.23. The van der Waals surface area contributed by atoms with Crippen LogP contribution in [0.4, 0.5) is 0 Å². The topological polar surface area (TPSA) is 63.2 Å². The fourth-order valence-corrected chi connectivity index (χ4v) is 1.72. The third-order valence-corrected chi connectivity index (χ3v) is 2.73. The van der Waals surface area contributed by atoms with Crippen LogP contribution < -0.4 is 14.2 Å². The Bertz CT molecular complexity index is 407. The second-order valence-corrected chi connectivity index (χ2v) is 4.18. The zero-order chi connectivity index (χ0) is 15.5. The molecule has 1 aromatic carbocycles. The normalized spacial score (nSPS) is 10.2. The molecule has 6 heteroatoms. The monoisotopic (exact) mass is 298 g/mol. The first-order chi connectivity index (χ1) is 10.3. The molecule has 0 spiro atoms. The summed E-state index contributed by atoms with van der Waals surface area (Å²) in [5.74, 6) is 1.37. The molecule has 0 bridgehead atoms. The fourth-order valence-electron chi connectivity index (χ4n) is 1.72. The van der Waals surface area contributed by atoms with E-state index >= 15 is 0 Å². The van der Waals surface area contributed by atoms with E-state index in [1.165, 1.54) is 14.2 Å². The zero-order valence-corrected chi connectivity index (χ0v) is 12.7. The summed E-state index contributed by atoms with van der Waals surface area (Å²) in [7, 11) is 4.68. The highest BCUT2D eigenvalue weighted by Crippen LogP contribution is 2.38. The Morgan fingerprint density at radius 3 is 2.14 bits per heavy atom. The van der Waals surface area contributed by atoms with E-state index in [0.717, 1.165) is 12.7 Å². The average Bonchev–Trinajstić information content (AvgIpc) is 2.53. The van der Waals surface area contributed by atoms with E-state index < -0.39 is 0 Å². The van der Waals surface area contributed by atoms with Gasteiger partial charge in [0.05, 0.1) is 20.8 Å². The van der Waals surface area contributed by atoms with Gasteiger partial charge in [0.2, 0.25) is 5.75 Å². The van der Waals surface area contributed by atoms with Crippen molar-refractivity contribution in [3.05, 3.63) is 17.7 Å². The van der Waals surface area contributed by atoms with Crippen LogP contribution in [0.3, 0.4) is 0 Å². The van der Waals surface area contributed by atoms with Gasteiger partial charge in [0.25, 0.3) is 0 Å². The van der Waals surface area contributed by atoms with Gasteiger partial charge in [-0.15, -0.1) is 0 Å². The first-order valence-electron chi connectivity index (χ1n) is 6.67. The zero-order valence-electron chi connectivity index (χ0n) is 12.7. The molecule has 6 nitrogen and oxygen atoms in total. The largest absolute Gasteiger partial charge is 0.493 e. The van der Waals surface area contributed by atoms with E-state index in [0.29, 0.717) is 49.2 Å². The van der Waals surface area contributed by atoms with Crippen molar-refractivity contribution in [3.8, 4) is 17.2 Å². The van der Waals surface area contributed by atoms with Gasteiger partial charge >= 0.3 is 0 Å². The molecule has 21 heavy (non-hydrogen) atoms. The summed E-state index contributed by atoms with van der Waals surface area (Å²) >= 11 is 0. The van der Waals surface area contributed by atoms with Gasteiger partial charge in [-0.25, -0.2) is 0 Å². The molecule has 0 aliphatic heterocycles. The molecule has 0 aliphatic carbocycles. The van der Waals surface area contributed by atoms with Gasteiger partial charge in [0.15, 0.2) is 11.5 Å². The van der Waals surface area contributed by atoms with Crippen LogP contribution in [-0.2, 0) is 9.47 Å². The molecule has 0 radical (unpaired) electrons. The van der Waals surface area contributed by atoms with Gasteiger partial charge in [-0.3, -0.25) is 4.79 Å². The number of aldehydes is 1. The molecule has 1 aromatic rings. The molecular weight excluding hydrogens is 276 g/mol. The summed E-state index contributed by atoms with van der Waals surface area (Å²) in [5, 5.41) is 0. The first kappa shape index (κ1) is 17.3. The van der Waals surface area contributed by atoms with Gasteiger partial charge in [-0.1, -0.05) is 0 Å². The quantitative estimate of drug-likeness (QED) is 0.459. The standard InChI is InChI=1S/C15H22O6/c1-17-5-4-6-20-7-8-21-15-13(18-2)9-12(11-16)10-14(15)19-3/h9-11H,4-8H2,1-3H3. The van der Waals surface area contributed by atoms with E-state index in [1.807, 2.05) is 0 Å². The second kappa shape index (κ2) is 10.0. The van der Waals surface area contributed by atoms with Gasteiger partial charge < -0.3 is 23.7 Å². The summed E-state index contributed by atoms with van der Waals surface area (Å²) in [5.41, 5.74) is 0.465. The first-order valence-corrected chi connectivity index (χ1v) is 6.67. The van der Waals surface area contributed by atoms with Crippen LogP contribution in [0, 0.1) is 0 Å². The SMILES string of the molecule is COCCCOCCOc1c(OC)cc(C=O)cc1OC. The average molecular weight is 298 g/mol. The number of hydrogen-bond donors (Lipinski definition) is 0. The lowest BCUT2D eigenvalue weighted by Gasteiger charge is -2.15. The third kappa shape index (κ3) is 5.61. The maximum Gasteiger partial charge on any atom is 0.203 e. The molecule has 0 heterocycles. The van der Waals surface area contributed by atoms with Crippen LogP contribution in [-0.4, -0.2) is 54.0 Å². The lowest BCUT2D eigenvalue weighted by Crippen LogP contribution is -2.10. The van der Waals surface area contributed by atoms with E-state index in [2.05, 4.69) is 0 Å². The summed E-state index contributed by atoms with van der Waals surface area (Å²) in [6.07, 6.45) is 1.57. The minimum absolute atomic E-state index is 0.361. The van der Waals surface area contributed by atoms with Crippen LogP contribution in [0.25, 0.3) is 0 Å². The maximum absolute atomic E-state index is 10.9. The number of carbonyl (C=O) groups excluding carboxylic acids is 1. The number of methoxy groups -OCH3 is 3. The van der Waals surface area contributed by atoms with E-state index in [9.17, 15) is 4.79 Å². The van der Waals surface area contributed by atoms with E-state index in [4.69, 9.17) is 23.7 Å². The number of rotatable bonds is 11. The molecule has 0 atom stereocenters. The van der Waals surface area contributed by atoms with Gasteiger partial charge in [0, 0.05) is 25.9 Å². The highest BCUT2D eigenvalue weighted by Gasteiger charge is 2.13. The summed E-state index contributed by atoms with van der Waals surface area (Å²) in [6, 6.07) is 3.20. The fraction of sp³-hybridized carbons (Fsp3) is 0.533.